The Balaban J connectivity index is 2.32. The molecule has 0 bridgehead atoms. The number of aromatic nitrogens is 1. The molecule has 2 rings (SSSR count). The Kier molecular flexibility index (Phi) is 4.00. The Morgan fingerprint density at radius 1 is 1.40 bits per heavy atom. The van der Waals surface area contributed by atoms with Gasteiger partial charge in [0.25, 0.3) is 5.69 Å². The summed E-state index contributed by atoms with van der Waals surface area (Å²) in [5.74, 6) is -0.444. The molecule has 106 valence electrons. The minimum absolute atomic E-state index is 0.154. The van der Waals surface area contributed by atoms with Crippen molar-refractivity contribution in [2.45, 2.75) is 5.75 Å². The first-order valence-corrected chi connectivity index (χ1v) is 7.99. The van der Waals surface area contributed by atoms with E-state index in [1.807, 2.05) is 0 Å². The molecule has 20 heavy (non-hydrogen) atoms. The van der Waals surface area contributed by atoms with Crippen LogP contribution in [0.3, 0.4) is 0 Å². The molecule has 9 heteroatoms. The first kappa shape index (κ1) is 14.4. The molecule has 0 N–H and O–H groups in total. The number of benzene rings is 1. The summed E-state index contributed by atoms with van der Waals surface area (Å²) in [5.41, 5.74) is -0.0514. The normalized spacial score (nSPS) is 11.2. The molecule has 0 amide bonds. The molecule has 7 nitrogen and oxygen atoms in total. The van der Waals surface area contributed by atoms with E-state index in [1.54, 1.807) is 11.4 Å². The third-order valence-corrected chi connectivity index (χ3v) is 5.28. The van der Waals surface area contributed by atoms with Crippen molar-refractivity contribution in [1.29, 1.82) is 0 Å². The number of anilines is 1. The van der Waals surface area contributed by atoms with Crippen LogP contribution in [0.2, 0.25) is 0 Å². The van der Waals surface area contributed by atoms with Gasteiger partial charge >= 0.3 is 0 Å². The minimum atomic E-state index is -3.72. The summed E-state index contributed by atoms with van der Waals surface area (Å²) >= 11 is 1.18. The quantitative estimate of drug-likeness (QED) is 0.622. The number of thiazole rings is 1. The van der Waals surface area contributed by atoms with Crippen molar-refractivity contribution in [1.82, 2.24) is 4.98 Å². The van der Waals surface area contributed by atoms with Crippen molar-refractivity contribution in [3.8, 4) is 0 Å². The van der Waals surface area contributed by atoms with Crippen LogP contribution in [0.25, 0.3) is 0 Å². The summed E-state index contributed by atoms with van der Waals surface area (Å²) in [6.07, 6.45) is 1.50. The molecule has 1 aromatic carbocycles. The highest BCUT2D eigenvalue weighted by Crippen LogP contribution is 2.24. The maximum Gasteiger partial charge on any atom is 0.273 e. The predicted molar refractivity (Wildman–Crippen MR) is 76.2 cm³/mol. The summed E-state index contributed by atoms with van der Waals surface area (Å²) in [6.45, 7) is 0. The van der Waals surface area contributed by atoms with Gasteiger partial charge < -0.3 is 0 Å². The van der Waals surface area contributed by atoms with Crippen LogP contribution in [0.1, 0.15) is 5.56 Å². The average Bonchev–Trinajstić information content (AvgIpc) is 2.91. The van der Waals surface area contributed by atoms with Crippen LogP contribution in [-0.4, -0.2) is 25.4 Å². The van der Waals surface area contributed by atoms with Gasteiger partial charge in [-0.05, 0) is 0 Å². The van der Waals surface area contributed by atoms with E-state index < -0.39 is 20.7 Å². The molecule has 0 aliphatic heterocycles. The Morgan fingerprint density at radius 2 is 2.10 bits per heavy atom. The van der Waals surface area contributed by atoms with Crippen molar-refractivity contribution in [3.63, 3.8) is 0 Å². The lowest BCUT2D eigenvalue weighted by Gasteiger charge is -2.16. The number of rotatable bonds is 5. The highest BCUT2D eigenvalue weighted by Gasteiger charge is 2.25. The van der Waals surface area contributed by atoms with Crippen LogP contribution < -0.4 is 4.31 Å². The third kappa shape index (κ3) is 2.94. The summed E-state index contributed by atoms with van der Waals surface area (Å²) in [5, 5.41) is 12.9. The van der Waals surface area contributed by atoms with Crippen molar-refractivity contribution in [2.24, 2.45) is 0 Å². The van der Waals surface area contributed by atoms with E-state index in [2.05, 4.69) is 4.98 Å². The smallest absolute Gasteiger partial charge is 0.258 e. The van der Waals surface area contributed by atoms with Gasteiger partial charge in [-0.25, -0.2) is 17.7 Å². The molecule has 0 radical (unpaired) electrons. The fourth-order valence-corrected chi connectivity index (χ4v) is 3.69. The summed E-state index contributed by atoms with van der Waals surface area (Å²) in [4.78, 5) is 14.2. The molecular formula is C11H11N3O4S2. The molecule has 0 atom stereocenters. The van der Waals surface area contributed by atoms with Crippen molar-refractivity contribution < 1.29 is 13.3 Å². The van der Waals surface area contributed by atoms with E-state index in [4.69, 9.17) is 0 Å². The van der Waals surface area contributed by atoms with Gasteiger partial charge in [0.1, 0.15) is 5.75 Å². The van der Waals surface area contributed by atoms with Crippen LogP contribution >= 0.6 is 11.3 Å². The number of nitro groups is 1. The Bertz CT molecular complexity index is 713. The lowest BCUT2D eigenvalue weighted by Crippen LogP contribution is -2.27. The molecular weight excluding hydrogens is 302 g/mol. The van der Waals surface area contributed by atoms with Gasteiger partial charge in [0.15, 0.2) is 5.13 Å². The van der Waals surface area contributed by atoms with Gasteiger partial charge in [0, 0.05) is 30.3 Å². The number of nitrogens with zero attached hydrogens (tertiary/aromatic N) is 3. The van der Waals surface area contributed by atoms with Crippen molar-refractivity contribution >= 4 is 32.2 Å². The summed E-state index contributed by atoms with van der Waals surface area (Å²) in [6, 6.07) is 5.79. The maximum atomic E-state index is 12.2. The van der Waals surface area contributed by atoms with Crippen LogP contribution in [0, 0.1) is 10.1 Å². The molecule has 0 saturated heterocycles. The van der Waals surface area contributed by atoms with E-state index >= 15 is 0 Å². The molecule has 0 aliphatic carbocycles. The fraction of sp³-hybridized carbons (Fsp3) is 0.182. The molecule has 0 aliphatic rings. The summed E-state index contributed by atoms with van der Waals surface area (Å²) in [7, 11) is -2.34. The lowest BCUT2D eigenvalue weighted by atomic mass is 10.2. The van der Waals surface area contributed by atoms with Gasteiger partial charge in [0.05, 0.1) is 4.92 Å². The Labute approximate surface area is 119 Å². The standard InChI is InChI=1S/C11H11N3O4S2/c1-13(11-12-6-7-19-11)20(17,18)8-9-4-2-3-5-10(9)14(15)16/h2-7H,8H2,1H3. The maximum absolute atomic E-state index is 12.2. The van der Waals surface area contributed by atoms with E-state index in [-0.39, 0.29) is 11.3 Å². The minimum Gasteiger partial charge on any atom is -0.258 e. The number of para-hydroxylation sites is 1. The number of sulfonamides is 1. The summed E-state index contributed by atoms with van der Waals surface area (Å²) < 4.78 is 25.5. The Morgan fingerprint density at radius 3 is 2.70 bits per heavy atom. The molecule has 0 unspecified atom stereocenters. The van der Waals surface area contributed by atoms with Gasteiger partial charge in [-0.3, -0.25) is 10.1 Å². The van der Waals surface area contributed by atoms with Crippen molar-refractivity contribution in [3.05, 3.63) is 51.5 Å². The average molecular weight is 313 g/mol. The first-order chi connectivity index (χ1) is 9.42. The van der Waals surface area contributed by atoms with Gasteiger partial charge in [-0.2, -0.15) is 0 Å². The molecule has 0 fully saturated rings. The number of hydrogen-bond acceptors (Lipinski definition) is 6. The fourth-order valence-electron chi connectivity index (χ4n) is 1.59. The zero-order chi connectivity index (χ0) is 14.8. The second kappa shape index (κ2) is 5.55. The van der Waals surface area contributed by atoms with Gasteiger partial charge in [-0.1, -0.05) is 18.2 Å². The number of nitro benzene ring substituents is 1. The van der Waals surface area contributed by atoms with E-state index in [1.165, 1.54) is 42.8 Å². The van der Waals surface area contributed by atoms with Crippen molar-refractivity contribution in [2.75, 3.05) is 11.4 Å². The monoisotopic (exact) mass is 313 g/mol. The Hall–Kier alpha value is -2.00. The van der Waals surface area contributed by atoms with E-state index in [9.17, 15) is 18.5 Å². The molecule has 1 aromatic heterocycles. The van der Waals surface area contributed by atoms with Crippen LogP contribution in [0.15, 0.2) is 35.8 Å². The highest BCUT2D eigenvalue weighted by atomic mass is 32.2. The van der Waals surface area contributed by atoms with Crippen LogP contribution in [0.5, 0.6) is 0 Å². The van der Waals surface area contributed by atoms with E-state index in [0.29, 0.717) is 5.13 Å². The molecule has 2 aromatic rings. The molecule has 0 spiro atoms. The van der Waals surface area contributed by atoms with Gasteiger partial charge in [0.2, 0.25) is 10.0 Å². The molecule has 0 saturated carbocycles. The second-order valence-corrected chi connectivity index (χ2v) is 6.80. The second-order valence-electron chi connectivity index (χ2n) is 3.92. The lowest BCUT2D eigenvalue weighted by molar-refractivity contribution is -0.385. The number of hydrogen-bond donors (Lipinski definition) is 0. The largest absolute Gasteiger partial charge is 0.273 e. The SMILES string of the molecule is CN(c1nccs1)S(=O)(=O)Cc1ccccc1[N+](=O)[O-]. The zero-order valence-electron chi connectivity index (χ0n) is 10.5. The van der Waals surface area contributed by atoms with Crippen LogP contribution in [-0.2, 0) is 15.8 Å². The highest BCUT2D eigenvalue weighted by molar-refractivity contribution is 7.92. The van der Waals surface area contributed by atoms with Gasteiger partial charge in [-0.15, -0.1) is 11.3 Å². The van der Waals surface area contributed by atoms with Crippen LogP contribution in [0.4, 0.5) is 10.8 Å². The first-order valence-electron chi connectivity index (χ1n) is 5.50. The predicted octanol–water partition coefficient (Wildman–Crippen LogP) is 2.02. The topological polar surface area (TPSA) is 93.4 Å². The van der Waals surface area contributed by atoms with E-state index in [0.717, 1.165) is 4.31 Å². The third-order valence-electron chi connectivity index (χ3n) is 2.63. The zero-order valence-corrected chi connectivity index (χ0v) is 12.1. The molecule has 1 heterocycles.